The highest BCUT2D eigenvalue weighted by molar-refractivity contribution is 9.10. The number of hydrogen-bond acceptors (Lipinski definition) is 4. The molecular weight excluding hydrogens is 336 g/mol. The zero-order valence-corrected chi connectivity index (χ0v) is 12.8. The van der Waals surface area contributed by atoms with E-state index in [1.54, 1.807) is 36.4 Å². The standard InChI is InChI=1S/C15H13BrN2O3/c1-20-13-10(14(17)18)7-8-11(12(13)16)21-15(19)9-5-3-2-4-6-9/h2-8H,1H3,(H3,17,18). The third-order valence-corrected chi connectivity index (χ3v) is 3.52. The monoisotopic (exact) mass is 348 g/mol. The van der Waals surface area contributed by atoms with Gasteiger partial charge in [-0.1, -0.05) is 18.2 Å². The van der Waals surface area contributed by atoms with Crippen molar-refractivity contribution in [3.05, 3.63) is 58.1 Å². The van der Waals surface area contributed by atoms with Crippen LogP contribution in [0.25, 0.3) is 0 Å². The molecule has 0 aliphatic carbocycles. The number of rotatable bonds is 4. The molecule has 0 atom stereocenters. The maximum absolute atomic E-state index is 12.0. The summed E-state index contributed by atoms with van der Waals surface area (Å²) < 4.78 is 11.0. The summed E-state index contributed by atoms with van der Waals surface area (Å²) in [4.78, 5) is 12.0. The molecule has 5 nitrogen and oxygen atoms in total. The number of esters is 1. The van der Waals surface area contributed by atoms with E-state index in [9.17, 15) is 4.79 Å². The predicted octanol–water partition coefficient (Wildman–Crippen LogP) is 2.96. The van der Waals surface area contributed by atoms with Crippen molar-refractivity contribution in [1.29, 1.82) is 5.41 Å². The van der Waals surface area contributed by atoms with Gasteiger partial charge in [-0.15, -0.1) is 0 Å². The molecule has 0 fully saturated rings. The molecule has 0 aliphatic heterocycles. The lowest BCUT2D eigenvalue weighted by Gasteiger charge is -2.13. The third kappa shape index (κ3) is 3.22. The minimum atomic E-state index is -0.478. The zero-order chi connectivity index (χ0) is 15.4. The second kappa shape index (κ2) is 6.41. The molecule has 0 unspecified atom stereocenters. The molecule has 0 radical (unpaired) electrons. The molecule has 2 aromatic rings. The maximum Gasteiger partial charge on any atom is 0.343 e. The van der Waals surface area contributed by atoms with E-state index in [-0.39, 0.29) is 5.84 Å². The fourth-order valence-electron chi connectivity index (χ4n) is 1.76. The van der Waals surface area contributed by atoms with Crippen LogP contribution in [0.3, 0.4) is 0 Å². The number of nitrogens with two attached hydrogens (primary N) is 1. The van der Waals surface area contributed by atoms with Crippen LogP contribution < -0.4 is 15.2 Å². The lowest BCUT2D eigenvalue weighted by atomic mass is 10.1. The number of nitrogen functional groups attached to an aromatic ring is 1. The Hall–Kier alpha value is -2.34. The van der Waals surface area contributed by atoms with Crippen LogP contribution in [0.2, 0.25) is 0 Å². The predicted molar refractivity (Wildman–Crippen MR) is 83.1 cm³/mol. The molecule has 0 aromatic heterocycles. The summed E-state index contributed by atoms with van der Waals surface area (Å²) in [6, 6.07) is 11.8. The third-order valence-electron chi connectivity index (χ3n) is 2.77. The van der Waals surface area contributed by atoms with Gasteiger partial charge in [0.2, 0.25) is 0 Å². The van der Waals surface area contributed by atoms with Crippen LogP contribution >= 0.6 is 15.9 Å². The van der Waals surface area contributed by atoms with Crippen molar-refractivity contribution in [2.24, 2.45) is 5.73 Å². The minimum absolute atomic E-state index is 0.131. The van der Waals surface area contributed by atoms with E-state index >= 15 is 0 Å². The van der Waals surface area contributed by atoms with Gasteiger partial charge in [-0.05, 0) is 40.2 Å². The summed E-state index contributed by atoms with van der Waals surface area (Å²) >= 11 is 3.31. The van der Waals surface area contributed by atoms with Crippen molar-refractivity contribution in [2.75, 3.05) is 7.11 Å². The van der Waals surface area contributed by atoms with Gasteiger partial charge in [0.25, 0.3) is 0 Å². The number of ether oxygens (including phenoxy) is 2. The molecule has 0 spiro atoms. The van der Waals surface area contributed by atoms with Crippen LogP contribution in [0, 0.1) is 5.41 Å². The number of carbonyl (C=O) groups excluding carboxylic acids is 1. The zero-order valence-electron chi connectivity index (χ0n) is 11.2. The molecule has 0 bridgehead atoms. The largest absolute Gasteiger partial charge is 0.495 e. The van der Waals surface area contributed by atoms with Gasteiger partial charge in [-0.2, -0.15) is 0 Å². The average molecular weight is 349 g/mol. The van der Waals surface area contributed by atoms with Crippen LogP contribution in [-0.4, -0.2) is 18.9 Å². The first-order valence-electron chi connectivity index (χ1n) is 6.02. The van der Waals surface area contributed by atoms with Gasteiger partial charge in [0.1, 0.15) is 21.8 Å². The Kier molecular flexibility index (Phi) is 4.59. The van der Waals surface area contributed by atoms with Crippen molar-refractivity contribution < 1.29 is 14.3 Å². The van der Waals surface area contributed by atoms with E-state index in [1.807, 2.05) is 6.07 Å². The molecule has 0 heterocycles. The Morgan fingerprint density at radius 2 is 1.86 bits per heavy atom. The summed E-state index contributed by atoms with van der Waals surface area (Å²) in [5.74, 6) is 0.0361. The summed E-state index contributed by atoms with van der Waals surface area (Å²) in [7, 11) is 1.45. The van der Waals surface area contributed by atoms with Gasteiger partial charge < -0.3 is 15.2 Å². The first-order valence-corrected chi connectivity index (χ1v) is 6.82. The molecule has 0 saturated carbocycles. The average Bonchev–Trinajstić information content (AvgIpc) is 2.49. The SMILES string of the molecule is COc1c(C(=N)N)ccc(OC(=O)c2ccccc2)c1Br. The number of hydrogen-bond donors (Lipinski definition) is 2. The lowest BCUT2D eigenvalue weighted by molar-refractivity contribution is 0.0733. The second-order valence-corrected chi connectivity index (χ2v) is 4.92. The van der Waals surface area contributed by atoms with Crippen molar-refractivity contribution >= 4 is 27.7 Å². The smallest absolute Gasteiger partial charge is 0.343 e. The molecule has 3 N–H and O–H groups in total. The van der Waals surface area contributed by atoms with Gasteiger partial charge in [0.05, 0.1) is 18.2 Å². The summed E-state index contributed by atoms with van der Waals surface area (Å²) in [5, 5.41) is 7.49. The van der Waals surface area contributed by atoms with E-state index in [4.69, 9.17) is 20.6 Å². The molecule has 0 aliphatic rings. The second-order valence-electron chi connectivity index (χ2n) is 4.13. The number of halogens is 1. The molecule has 0 saturated heterocycles. The van der Waals surface area contributed by atoms with E-state index in [0.717, 1.165) is 0 Å². The van der Waals surface area contributed by atoms with Crippen molar-refractivity contribution in [3.8, 4) is 11.5 Å². The Labute approximate surface area is 130 Å². The Morgan fingerprint density at radius 3 is 2.43 bits per heavy atom. The van der Waals surface area contributed by atoms with Crippen molar-refractivity contribution in [1.82, 2.24) is 0 Å². The molecular formula is C15H13BrN2O3. The molecule has 6 heteroatoms. The molecule has 0 amide bonds. The summed E-state index contributed by atoms with van der Waals surface area (Å²) in [5.41, 5.74) is 6.34. The first-order chi connectivity index (χ1) is 10.0. The summed E-state index contributed by atoms with van der Waals surface area (Å²) in [6.45, 7) is 0. The molecule has 2 rings (SSSR count). The molecule has 21 heavy (non-hydrogen) atoms. The van der Waals surface area contributed by atoms with Crippen molar-refractivity contribution in [2.45, 2.75) is 0 Å². The molecule has 108 valence electrons. The van der Waals surface area contributed by atoms with Crippen LogP contribution in [0.4, 0.5) is 0 Å². The minimum Gasteiger partial charge on any atom is -0.495 e. The maximum atomic E-state index is 12.0. The quantitative estimate of drug-likeness (QED) is 0.385. The number of carbonyl (C=O) groups is 1. The lowest BCUT2D eigenvalue weighted by Crippen LogP contribution is -2.14. The topological polar surface area (TPSA) is 85.4 Å². The van der Waals surface area contributed by atoms with Crippen LogP contribution in [0.15, 0.2) is 46.9 Å². The number of amidine groups is 1. The van der Waals surface area contributed by atoms with Gasteiger partial charge >= 0.3 is 5.97 Å². The fraction of sp³-hybridized carbons (Fsp3) is 0.0667. The van der Waals surface area contributed by atoms with Gasteiger partial charge in [-0.25, -0.2) is 4.79 Å². The highest BCUT2D eigenvalue weighted by atomic mass is 79.9. The summed E-state index contributed by atoms with van der Waals surface area (Å²) in [6.07, 6.45) is 0. The van der Waals surface area contributed by atoms with Gasteiger partial charge in [-0.3, -0.25) is 5.41 Å². The number of methoxy groups -OCH3 is 1. The van der Waals surface area contributed by atoms with Crippen molar-refractivity contribution in [3.63, 3.8) is 0 Å². The van der Waals surface area contributed by atoms with E-state index in [2.05, 4.69) is 15.9 Å². The highest BCUT2D eigenvalue weighted by Crippen LogP contribution is 2.37. The normalized spacial score (nSPS) is 10.0. The first kappa shape index (κ1) is 15.1. The van der Waals surface area contributed by atoms with Crippen LogP contribution in [0.5, 0.6) is 11.5 Å². The van der Waals surface area contributed by atoms with E-state index in [0.29, 0.717) is 27.1 Å². The van der Waals surface area contributed by atoms with E-state index in [1.165, 1.54) is 7.11 Å². The number of nitrogens with one attached hydrogen (secondary N) is 1. The number of benzene rings is 2. The van der Waals surface area contributed by atoms with Crippen LogP contribution in [-0.2, 0) is 0 Å². The highest BCUT2D eigenvalue weighted by Gasteiger charge is 2.17. The molecule has 2 aromatic carbocycles. The van der Waals surface area contributed by atoms with Gasteiger partial charge in [0, 0.05) is 0 Å². The van der Waals surface area contributed by atoms with Gasteiger partial charge in [0.15, 0.2) is 0 Å². The van der Waals surface area contributed by atoms with Crippen LogP contribution in [0.1, 0.15) is 15.9 Å². The Morgan fingerprint density at radius 1 is 1.19 bits per heavy atom. The Bertz CT molecular complexity index is 687. The fourth-order valence-corrected chi connectivity index (χ4v) is 2.35. The Balaban J connectivity index is 2.33. The van der Waals surface area contributed by atoms with E-state index < -0.39 is 5.97 Å².